The van der Waals surface area contributed by atoms with Crippen LogP contribution in [0.3, 0.4) is 0 Å². The van der Waals surface area contributed by atoms with Crippen LogP contribution in [0.15, 0.2) is 48.5 Å². The molecule has 0 aliphatic carbocycles. The van der Waals surface area contributed by atoms with Crippen molar-refractivity contribution >= 4 is 12.2 Å². The van der Waals surface area contributed by atoms with Crippen molar-refractivity contribution in [2.75, 3.05) is 39.9 Å². The average molecular weight is 382 g/mol. The first-order chi connectivity index (χ1) is 13.7. The van der Waals surface area contributed by atoms with E-state index in [0.29, 0.717) is 17.9 Å². The maximum Gasteiger partial charge on any atom is 0.260 e. The van der Waals surface area contributed by atoms with E-state index >= 15 is 0 Å². The minimum Gasteiger partial charge on any atom is -0.497 e. The molecule has 1 aliphatic heterocycles. The summed E-state index contributed by atoms with van der Waals surface area (Å²) in [5, 5.41) is 0. The number of hydrogen-bond acceptors (Lipinski definition) is 5. The van der Waals surface area contributed by atoms with Crippen LogP contribution in [0.5, 0.6) is 11.5 Å². The van der Waals surface area contributed by atoms with Gasteiger partial charge < -0.3 is 14.4 Å². The zero-order valence-electron chi connectivity index (χ0n) is 16.2. The molecule has 28 heavy (non-hydrogen) atoms. The predicted molar refractivity (Wildman–Crippen MR) is 107 cm³/mol. The lowest BCUT2D eigenvalue weighted by Crippen LogP contribution is -2.38. The van der Waals surface area contributed by atoms with Gasteiger partial charge in [-0.15, -0.1) is 0 Å². The molecule has 0 bridgehead atoms. The van der Waals surface area contributed by atoms with Crippen LogP contribution in [0.4, 0.5) is 0 Å². The molecule has 0 N–H and O–H groups in total. The van der Waals surface area contributed by atoms with E-state index in [2.05, 4.69) is 17.0 Å². The van der Waals surface area contributed by atoms with Crippen LogP contribution in [-0.2, 0) is 11.3 Å². The van der Waals surface area contributed by atoms with Gasteiger partial charge in [0.1, 0.15) is 17.8 Å². The van der Waals surface area contributed by atoms with Gasteiger partial charge in [-0.3, -0.25) is 14.5 Å². The summed E-state index contributed by atoms with van der Waals surface area (Å²) >= 11 is 0. The number of hydrogen-bond donors (Lipinski definition) is 0. The second kappa shape index (κ2) is 9.90. The standard InChI is InChI=1S/C22H26N2O4/c1-27-20-7-3-18(4-8-20)15-23-11-2-12-24(14-13-23)22(26)17-28-21-9-5-19(16-25)6-10-21/h3-10,16H,2,11-15,17H2,1H3. The molecule has 0 radical (unpaired) electrons. The van der Waals surface area contributed by atoms with Gasteiger partial charge in [0.25, 0.3) is 5.91 Å². The van der Waals surface area contributed by atoms with Crippen LogP contribution >= 0.6 is 0 Å². The Morgan fingerprint density at radius 1 is 0.964 bits per heavy atom. The van der Waals surface area contributed by atoms with Gasteiger partial charge in [-0.1, -0.05) is 12.1 Å². The molecule has 0 unspecified atom stereocenters. The third-order valence-corrected chi connectivity index (χ3v) is 4.88. The molecule has 0 aromatic heterocycles. The highest BCUT2D eigenvalue weighted by Gasteiger charge is 2.19. The molecule has 1 saturated heterocycles. The van der Waals surface area contributed by atoms with Crippen molar-refractivity contribution in [2.24, 2.45) is 0 Å². The minimum absolute atomic E-state index is 0.00855. The van der Waals surface area contributed by atoms with Gasteiger partial charge in [0.2, 0.25) is 0 Å². The lowest BCUT2D eigenvalue weighted by atomic mass is 10.2. The number of aldehydes is 1. The zero-order valence-corrected chi connectivity index (χ0v) is 16.2. The van der Waals surface area contributed by atoms with E-state index in [-0.39, 0.29) is 12.5 Å². The molecule has 6 heteroatoms. The first kappa shape index (κ1) is 19.9. The SMILES string of the molecule is COc1ccc(CN2CCCN(C(=O)COc3ccc(C=O)cc3)CC2)cc1. The van der Waals surface area contributed by atoms with Gasteiger partial charge in [0.05, 0.1) is 7.11 Å². The molecule has 3 rings (SSSR count). The Bertz CT molecular complexity index is 774. The number of nitrogens with zero attached hydrogens (tertiary/aromatic N) is 2. The first-order valence-corrected chi connectivity index (χ1v) is 9.49. The fraction of sp³-hybridized carbons (Fsp3) is 0.364. The van der Waals surface area contributed by atoms with Crippen LogP contribution in [-0.4, -0.2) is 61.9 Å². The number of amides is 1. The summed E-state index contributed by atoms with van der Waals surface area (Å²) in [6, 6.07) is 14.9. The van der Waals surface area contributed by atoms with E-state index in [1.807, 2.05) is 17.0 Å². The van der Waals surface area contributed by atoms with Crippen molar-refractivity contribution in [3.05, 3.63) is 59.7 Å². The van der Waals surface area contributed by atoms with Crippen LogP contribution < -0.4 is 9.47 Å². The minimum atomic E-state index is -0.00855. The van der Waals surface area contributed by atoms with Gasteiger partial charge in [-0.05, 0) is 48.4 Å². The molecular formula is C22H26N2O4. The normalized spacial score (nSPS) is 15.0. The van der Waals surface area contributed by atoms with Crippen LogP contribution in [0.25, 0.3) is 0 Å². The molecule has 1 aliphatic rings. The highest BCUT2D eigenvalue weighted by Crippen LogP contribution is 2.15. The molecule has 1 amide bonds. The Balaban J connectivity index is 1.46. The lowest BCUT2D eigenvalue weighted by Gasteiger charge is -2.22. The van der Waals surface area contributed by atoms with E-state index in [9.17, 15) is 9.59 Å². The van der Waals surface area contributed by atoms with E-state index < -0.39 is 0 Å². The van der Waals surface area contributed by atoms with Crippen molar-refractivity contribution in [1.82, 2.24) is 9.80 Å². The Labute approximate surface area is 165 Å². The number of rotatable bonds is 7. The quantitative estimate of drug-likeness (QED) is 0.689. The molecule has 0 spiro atoms. The van der Waals surface area contributed by atoms with Crippen LogP contribution in [0, 0.1) is 0 Å². The highest BCUT2D eigenvalue weighted by molar-refractivity contribution is 5.78. The third kappa shape index (κ3) is 5.57. The Morgan fingerprint density at radius 3 is 2.36 bits per heavy atom. The molecule has 0 atom stereocenters. The number of methoxy groups -OCH3 is 1. The summed E-state index contributed by atoms with van der Waals surface area (Å²) in [5.41, 5.74) is 1.82. The molecule has 6 nitrogen and oxygen atoms in total. The van der Waals surface area contributed by atoms with E-state index in [1.165, 1.54) is 5.56 Å². The Morgan fingerprint density at radius 2 is 1.68 bits per heavy atom. The smallest absolute Gasteiger partial charge is 0.260 e. The van der Waals surface area contributed by atoms with E-state index in [1.54, 1.807) is 31.4 Å². The van der Waals surface area contributed by atoms with Crippen LogP contribution in [0.1, 0.15) is 22.3 Å². The summed E-state index contributed by atoms with van der Waals surface area (Å²) in [6.45, 7) is 4.12. The molecule has 0 saturated carbocycles. The van der Waals surface area contributed by atoms with Crippen molar-refractivity contribution in [3.63, 3.8) is 0 Å². The van der Waals surface area contributed by atoms with Gasteiger partial charge in [-0.25, -0.2) is 0 Å². The molecule has 1 heterocycles. The summed E-state index contributed by atoms with van der Waals surface area (Å²) in [5.74, 6) is 1.44. The highest BCUT2D eigenvalue weighted by atomic mass is 16.5. The maximum absolute atomic E-state index is 12.5. The number of carbonyl (C=O) groups excluding carboxylic acids is 2. The monoisotopic (exact) mass is 382 g/mol. The van der Waals surface area contributed by atoms with Gasteiger partial charge in [0, 0.05) is 38.3 Å². The second-order valence-corrected chi connectivity index (χ2v) is 6.83. The van der Waals surface area contributed by atoms with Crippen molar-refractivity contribution in [3.8, 4) is 11.5 Å². The maximum atomic E-state index is 12.5. The second-order valence-electron chi connectivity index (χ2n) is 6.83. The summed E-state index contributed by atoms with van der Waals surface area (Å²) in [7, 11) is 1.67. The average Bonchev–Trinajstić information content (AvgIpc) is 2.98. The first-order valence-electron chi connectivity index (χ1n) is 9.49. The topological polar surface area (TPSA) is 59.1 Å². The van der Waals surface area contributed by atoms with Crippen molar-refractivity contribution < 1.29 is 19.1 Å². The molecular weight excluding hydrogens is 356 g/mol. The van der Waals surface area contributed by atoms with Crippen molar-refractivity contribution in [2.45, 2.75) is 13.0 Å². The predicted octanol–water partition coefficient (Wildman–Crippen LogP) is 2.62. The van der Waals surface area contributed by atoms with Crippen molar-refractivity contribution in [1.29, 1.82) is 0 Å². The van der Waals surface area contributed by atoms with E-state index in [0.717, 1.165) is 44.6 Å². The van der Waals surface area contributed by atoms with Gasteiger partial charge in [0.15, 0.2) is 6.61 Å². The van der Waals surface area contributed by atoms with Gasteiger partial charge >= 0.3 is 0 Å². The summed E-state index contributed by atoms with van der Waals surface area (Å²) in [4.78, 5) is 27.4. The number of benzene rings is 2. The molecule has 2 aromatic carbocycles. The third-order valence-electron chi connectivity index (χ3n) is 4.88. The molecule has 2 aromatic rings. The molecule has 148 valence electrons. The fourth-order valence-electron chi connectivity index (χ4n) is 3.25. The fourth-order valence-corrected chi connectivity index (χ4v) is 3.25. The van der Waals surface area contributed by atoms with Crippen LogP contribution in [0.2, 0.25) is 0 Å². The van der Waals surface area contributed by atoms with Gasteiger partial charge in [-0.2, -0.15) is 0 Å². The number of carbonyl (C=O) groups is 2. The molecule has 1 fully saturated rings. The summed E-state index contributed by atoms with van der Waals surface area (Å²) in [6.07, 6.45) is 1.72. The Hall–Kier alpha value is -2.86. The number of ether oxygens (including phenoxy) is 2. The largest absolute Gasteiger partial charge is 0.497 e. The summed E-state index contributed by atoms with van der Waals surface area (Å²) < 4.78 is 10.8. The zero-order chi connectivity index (χ0) is 19.8. The Kier molecular flexibility index (Phi) is 7.03. The van der Waals surface area contributed by atoms with E-state index in [4.69, 9.17) is 9.47 Å². The lowest BCUT2D eigenvalue weighted by molar-refractivity contribution is -0.133.